The predicted molar refractivity (Wildman–Crippen MR) is 70.8 cm³/mol. The van der Waals surface area contributed by atoms with Gasteiger partial charge in [0, 0.05) is 18.0 Å². The molecule has 0 amide bonds. The molecule has 9 nitrogen and oxygen atoms in total. The summed E-state index contributed by atoms with van der Waals surface area (Å²) in [6, 6.07) is 0. The van der Waals surface area contributed by atoms with Crippen molar-refractivity contribution < 1.29 is 29.0 Å². The molecule has 2 N–H and O–H groups in total. The number of morpholine rings is 1. The van der Waals surface area contributed by atoms with Crippen molar-refractivity contribution in [2.75, 3.05) is 26.3 Å². The Hall–Kier alpha value is -1.71. The second kappa shape index (κ2) is 4.64. The van der Waals surface area contributed by atoms with Gasteiger partial charge in [-0.3, -0.25) is 9.53 Å². The lowest BCUT2D eigenvalue weighted by Gasteiger charge is -2.31. The SMILES string of the molecule is C[C@H]1[C@H]([NH+]2CCOCC2)[N+]([O-])=C2CCc3c(no[n+]3[O-])[C@@]21O. The van der Waals surface area contributed by atoms with E-state index in [0.29, 0.717) is 42.4 Å². The fraction of sp³-hybridized carbons (Fsp3) is 0.769. The van der Waals surface area contributed by atoms with E-state index in [4.69, 9.17) is 4.74 Å². The van der Waals surface area contributed by atoms with E-state index in [-0.39, 0.29) is 11.6 Å². The van der Waals surface area contributed by atoms with Gasteiger partial charge in [0.05, 0.1) is 13.2 Å². The third-order valence-electron chi connectivity index (χ3n) is 5.30. The summed E-state index contributed by atoms with van der Waals surface area (Å²) < 4.78 is 10.9. The third-order valence-corrected chi connectivity index (χ3v) is 5.30. The van der Waals surface area contributed by atoms with Crippen LogP contribution in [0.3, 0.4) is 0 Å². The number of nitrogens with one attached hydrogen (secondary N) is 1. The van der Waals surface area contributed by atoms with E-state index in [1.807, 2.05) is 6.92 Å². The number of hydrogen-bond acceptors (Lipinski definition) is 6. The molecule has 0 bridgehead atoms. The molecule has 1 aromatic heterocycles. The highest BCUT2D eigenvalue weighted by atomic mass is 16.8. The van der Waals surface area contributed by atoms with E-state index in [1.54, 1.807) is 0 Å². The molecule has 0 spiro atoms. The van der Waals surface area contributed by atoms with Gasteiger partial charge in [-0.25, -0.2) is 0 Å². The number of aliphatic hydroxyl groups is 1. The summed E-state index contributed by atoms with van der Waals surface area (Å²) in [5.41, 5.74) is -0.591. The van der Waals surface area contributed by atoms with E-state index in [2.05, 4.69) is 9.79 Å². The summed E-state index contributed by atoms with van der Waals surface area (Å²) >= 11 is 0. The highest BCUT2D eigenvalue weighted by Gasteiger charge is 2.67. The van der Waals surface area contributed by atoms with Crippen LogP contribution in [-0.4, -0.2) is 53.2 Å². The Balaban J connectivity index is 1.78. The summed E-state index contributed by atoms with van der Waals surface area (Å²) in [6.07, 6.45) is 0.309. The molecule has 3 heterocycles. The van der Waals surface area contributed by atoms with Crippen LogP contribution in [0.5, 0.6) is 0 Å². The largest absolute Gasteiger partial charge is 0.619 e. The highest BCUT2D eigenvalue weighted by Crippen LogP contribution is 2.42. The molecule has 1 fully saturated rings. The van der Waals surface area contributed by atoms with Crippen molar-refractivity contribution in [2.24, 2.45) is 5.92 Å². The molecule has 1 saturated heterocycles. The zero-order valence-corrected chi connectivity index (χ0v) is 12.3. The maximum absolute atomic E-state index is 12.8. The minimum absolute atomic E-state index is 0.201. The summed E-state index contributed by atoms with van der Waals surface area (Å²) in [5, 5.41) is 39.4. The van der Waals surface area contributed by atoms with Crippen LogP contribution in [-0.2, 0) is 16.8 Å². The standard InChI is InChI=1S/C13H18N4O5/c1-8-12(15-4-6-21-7-5-15)16(19)10-3-2-9-11(13(8,10)18)14-22-17(9)20/h8,12,18H,2-7H2,1H3/p+1/t8-,12+,13-/m0/s1. The Morgan fingerprint density at radius 2 is 2.05 bits per heavy atom. The summed E-state index contributed by atoms with van der Waals surface area (Å²) in [4.78, 5) is 1.44. The lowest BCUT2D eigenvalue weighted by molar-refractivity contribution is -1.01. The highest BCUT2D eigenvalue weighted by molar-refractivity contribution is 5.92. The van der Waals surface area contributed by atoms with Gasteiger partial charge in [0.2, 0.25) is 17.0 Å². The Labute approximate surface area is 126 Å². The van der Waals surface area contributed by atoms with Crippen molar-refractivity contribution in [2.45, 2.75) is 31.5 Å². The zero-order chi connectivity index (χ0) is 15.5. The fourth-order valence-corrected chi connectivity index (χ4v) is 4.13. The van der Waals surface area contributed by atoms with E-state index in [1.165, 1.54) is 0 Å². The van der Waals surface area contributed by atoms with Gasteiger partial charge in [-0.1, -0.05) is 0 Å². The number of rotatable bonds is 1. The van der Waals surface area contributed by atoms with Gasteiger partial charge in [0.1, 0.15) is 19.0 Å². The van der Waals surface area contributed by atoms with Gasteiger partial charge in [0.15, 0.2) is 0 Å². The monoisotopic (exact) mass is 311 g/mol. The Bertz CT molecular complexity index is 638. The topological polar surface area (TPSA) is 113 Å². The fourth-order valence-electron chi connectivity index (χ4n) is 4.13. The third kappa shape index (κ3) is 1.61. The van der Waals surface area contributed by atoms with Crippen molar-refractivity contribution in [3.8, 4) is 0 Å². The number of hydrogen-bond donors (Lipinski definition) is 2. The molecular formula is C13H19N4O5+. The van der Waals surface area contributed by atoms with Crippen molar-refractivity contribution in [3.05, 3.63) is 21.8 Å². The normalized spacial score (nSPS) is 35.5. The molecule has 0 aromatic carbocycles. The summed E-state index contributed by atoms with van der Waals surface area (Å²) in [6.45, 7) is 4.50. The van der Waals surface area contributed by atoms with Crippen LogP contribution >= 0.6 is 0 Å². The molecule has 3 atom stereocenters. The number of quaternary nitrogens is 1. The Morgan fingerprint density at radius 3 is 2.77 bits per heavy atom. The van der Waals surface area contributed by atoms with Crippen LogP contribution in [0.25, 0.3) is 0 Å². The summed E-state index contributed by atoms with van der Waals surface area (Å²) in [7, 11) is 0. The van der Waals surface area contributed by atoms with E-state index in [9.17, 15) is 15.5 Å². The second-order valence-corrected chi connectivity index (χ2v) is 6.27. The maximum atomic E-state index is 12.8. The molecule has 1 aliphatic carbocycles. The first-order chi connectivity index (χ1) is 10.5. The first-order valence-electron chi connectivity index (χ1n) is 7.61. The van der Waals surface area contributed by atoms with Crippen molar-refractivity contribution >= 4 is 5.71 Å². The van der Waals surface area contributed by atoms with Crippen LogP contribution < -0.4 is 9.80 Å². The predicted octanol–water partition coefficient (Wildman–Crippen LogP) is -2.72. The maximum Gasteiger partial charge on any atom is 0.294 e. The number of hydroxylamine groups is 1. The lowest BCUT2D eigenvalue weighted by Crippen LogP contribution is -3.19. The average Bonchev–Trinajstić information content (AvgIpc) is 2.99. The van der Waals surface area contributed by atoms with Gasteiger partial charge in [0.25, 0.3) is 11.9 Å². The molecule has 0 saturated carbocycles. The van der Waals surface area contributed by atoms with Crippen LogP contribution in [0.1, 0.15) is 24.7 Å². The van der Waals surface area contributed by atoms with Gasteiger partial charge in [-0.15, -0.1) is 0 Å². The molecule has 0 unspecified atom stereocenters. The van der Waals surface area contributed by atoms with Crippen molar-refractivity contribution in [1.29, 1.82) is 0 Å². The summed E-state index contributed by atoms with van der Waals surface area (Å²) in [5.74, 6) is -0.378. The molecular weight excluding hydrogens is 292 g/mol. The van der Waals surface area contributed by atoms with E-state index in [0.717, 1.165) is 22.7 Å². The van der Waals surface area contributed by atoms with Crippen molar-refractivity contribution in [1.82, 2.24) is 5.16 Å². The molecule has 2 aliphatic heterocycles. The number of fused-ring (bicyclic) bond motifs is 3. The van der Waals surface area contributed by atoms with Crippen LogP contribution in [0.2, 0.25) is 0 Å². The minimum atomic E-state index is -1.51. The van der Waals surface area contributed by atoms with Gasteiger partial charge < -0.3 is 20.3 Å². The molecule has 9 heteroatoms. The first kappa shape index (κ1) is 13.9. The quantitative estimate of drug-likeness (QED) is 0.430. The van der Waals surface area contributed by atoms with Gasteiger partial charge in [-0.2, -0.15) is 4.74 Å². The van der Waals surface area contributed by atoms with Gasteiger partial charge >= 0.3 is 0 Å². The molecule has 120 valence electrons. The van der Waals surface area contributed by atoms with Crippen LogP contribution in [0.4, 0.5) is 0 Å². The van der Waals surface area contributed by atoms with Gasteiger partial charge in [-0.05, 0) is 11.8 Å². The minimum Gasteiger partial charge on any atom is -0.619 e. The molecule has 1 aromatic rings. The molecule has 3 aliphatic rings. The smallest absolute Gasteiger partial charge is 0.294 e. The zero-order valence-electron chi connectivity index (χ0n) is 12.3. The lowest BCUT2D eigenvalue weighted by atomic mass is 9.76. The molecule has 0 radical (unpaired) electrons. The van der Waals surface area contributed by atoms with Crippen LogP contribution in [0.15, 0.2) is 4.63 Å². The average molecular weight is 311 g/mol. The Morgan fingerprint density at radius 1 is 1.32 bits per heavy atom. The number of ether oxygens (including phenoxy) is 1. The molecule has 4 rings (SSSR count). The number of nitrogens with zero attached hydrogens (tertiary/aromatic N) is 3. The van der Waals surface area contributed by atoms with E-state index < -0.39 is 11.8 Å². The first-order valence-corrected chi connectivity index (χ1v) is 7.61. The second-order valence-electron chi connectivity index (χ2n) is 6.27. The number of aromatic nitrogens is 2. The van der Waals surface area contributed by atoms with Crippen molar-refractivity contribution in [3.63, 3.8) is 0 Å². The molecule has 22 heavy (non-hydrogen) atoms. The Kier molecular flexibility index (Phi) is 2.94. The van der Waals surface area contributed by atoms with Crippen LogP contribution in [0, 0.1) is 16.3 Å². The van der Waals surface area contributed by atoms with E-state index >= 15 is 0 Å².